The fourth-order valence-corrected chi connectivity index (χ4v) is 4.52. The predicted octanol–water partition coefficient (Wildman–Crippen LogP) is 5.23. The number of nitrogens with zero attached hydrogens (tertiary/aromatic N) is 4. The Morgan fingerprint density at radius 1 is 1.18 bits per heavy atom. The van der Waals surface area contributed by atoms with E-state index in [2.05, 4.69) is 30.0 Å². The third-order valence-corrected chi connectivity index (χ3v) is 6.36. The Kier molecular flexibility index (Phi) is 8.01. The van der Waals surface area contributed by atoms with Crippen LogP contribution in [0.4, 0.5) is 0 Å². The lowest BCUT2D eigenvalue weighted by Gasteiger charge is -2.31. The van der Waals surface area contributed by atoms with Gasteiger partial charge >= 0.3 is 0 Å². The number of allylic oxidation sites excluding steroid dienone is 1. The van der Waals surface area contributed by atoms with E-state index in [1.807, 2.05) is 35.4 Å². The second kappa shape index (κ2) is 11.3. The molecule has 0 saturated heterocycles. The highest BCUT2D eigenvalue weighted by molar-refractivity contribution is 6.31. The van der Waals surface area contributed by atoms with Crippen molar-refractivity contribution < 1.29 is 9.53 Å². The van der Waals surface area contributed by atoms with Crippen molar-refractivity contribution in [3.05, 3.63) is 76.8 Å². The minimum Gasteiger partial charge on any atom is -0.496 e. The van der Waals surface area contributed by atoms with Gasteiger partial charge in [-0.05, 0) is 36.3 Å². The van der Waals surface area contributed by atoms with E-state index in [0.717, 1.165) is 25.1 Å². The molecular weight excluding hydrogens is 448 g/mol. The molecule has 2 aromatic rings. The van der Waals surface area contributed by atoms with E-state index >= 15 is 0 Å². The minimum absolute atomic E-state index is 0.0444. The molecule has 0 N–H and O–H groups in total. The maximum atomic E-state index is 13.7. The van der Waals surface area contributed by atoms with Gasteiger partial charge in [-0.2, -0.15) is 0 Å². The van der Waals surface area contributed by atoms with Crippen LogP contribution in [-0.2, 0) is 6.54 Å². The van der Waals surface area contributed by atoms with E-state index < -0.39 is 0 Å². The number of amidine groups is 1. The lowest BCUT2D eigenvalue weighted by atomic mass is 10.1. The fraction of sp³-hybridized carbons (Fsp3) is 0.370. The van der Waals surface area contributed by atoms with Gasteiger partial charge < -0.3 is 14.5 Å². The molecule has 34 heavy (non-hydrogen) atoms. The third-order valence-electron chi connectivity index (χ3n) is 6.13. The van der Waals surface area contributed by atoms with Gasteiger partial charge in [-0.3, -0.25) is 14.8 Å². The van der Waals surface area contributed by atoms with Gasteiger partial charge in [0, 0.05) is 24.3 Å². The van der Waals surface area contributed by atoms with Crippen LogP contribution in [0.5, 0.6) is 5.75 Å². The zero-order valence-corrected chi connectivity index (χ0v) is 20.5. The van der Waals surface area contributed by atoms with E-state index in [4.69, 9.17) is 26.3 Å². The molecule has 2 unspecified atom stereocenters. The largest absolute Gasteiger partial charge is 0.496 e. The summed E-state index contributed by atoms with van der Waals surface area (Å²) in [7, 11) is 1.57. The zero-order valence-electron chi connectivity index (χ0n) is 19.7. The number of halogens is 1. The van der Waals surface area contributed by atoms with Crippen LogP contribution in [0.3, 0.4) is 0 Å². The number of rotatable bonds is 10. The summed E-state index contributed by atoms with van der Waals surface area (Å²) in [5, 5.41) is 0.507. The van der Waals surface area contributed by atoms with Crippen molar-refractivity contribution in [3.8, 4) is 5.75 Å². The van der Waals surface area contributed by atoms with E-state index in [1.165, 1.54) is 5.56 Å². The van der Waals surface area contributed by atoms with Crippen molar-refractivity contribution >= 4 is 29.6 Å². The summed E-state index contributed by atoms with van der Waals surface area (Å²) in [4.78, 5) is 27.5. The molecule has 0 spiro atoms. The molecule has 0 fully saturated rings. The predicted molar refractivity (Wildman–Crippen MR) is 138 cm³/mol. The van der Waals surface area contributed by atoms with Crippen LogP contribution in [0.1, 0.15) is 42.1 Å². The Morgan fingerprint density at radius 3 is 2.76 bits per heavy atom. The third kappa shape index (κ3) is 5.50. The van der Waals surface area contributed by atoms with Crippen molar-refractivity contribution in [2.45, 2.75) is 44.9 Å². The number of ether oxygens (including phenoxy) is 1. The first-order chi connectivity index (χ1) is 16.6. The quantitative estimate of drug-likeness (QED) is 0.439. The number of hydrogen-bond acceptors (Lipinski definition) is 5. The van der Waals surface area contributed by atoms with Crippen LogP contribution < -0.4 is 4.74 Å². The Hall–Kier alpha value is -3.12. The summed E-state index contributed by atoms with van der Waals surface area (Å²) < 4.78 is 5.47. The van der Waals surface area contributed by atoms with E-state index in [0.29, 0.717) is 36.0 Å². The minimum atomic E-state index is -0.105. The SMILES string of the molecule is CCCCCN(CC1=NC2C=CC=NC2N1Cc1ccccc1)C(=O)c1cc(Cl)ccc1OC. The van der Waals surface area contributed by atoms with Crippen LogP contribution in [-0.4, -0.2) is 60.2 Å². The highest BCUT2D eigenvalue weighted by atomic mass is 35.5. The zero-order chi connectivity index (χ0) is 23.9. The summed E-state index contributed by atoms with van der Waals surface area (Å²) >= 11 is 6.23. The number of unbranched alkanes of at least 4 members (excludes halogenated alkanes) is 2. The molecule has 2 heterocycles. The smallest absolute Gasteiger partial charge is 0.258 e. The van der Waals surface area contributed by atoms with E-state index in [9.17, 15) is 4.79 Å². The highest BCUT2D eigenvalue weighted by Gasteiger charge is 2.36. The average Bonchev–Trinajstić information content (AvgIpc) is 3.20. The second-order valence-corrected chi connectivity index (χ2v) is 8.96. The summed E-state index contributed by atoms with van der Waals surface area (Å²) in [6.45, 7) is 3.88. The first-order valence-electron chi connectivity index (χ1n) is 11.8. The van der Waals surface area contributed by atoms with Gasteiger partial charge in [-0.15, -0.1) is 0 Å². The number of carbonyl (C=O) groups excluding carboxylic acids is 1. The lowest BCUT2D eigenvalue weighted by molar-refractivity contribution is 0.0769. The molecule has 0 aromatic heterocycles. The first kappa shape index (κ1) is 24.0. The first-order valence-corrected chi connectivity index (χ1v) is 12.2. The standard InChI is InChI=1S/C27H31ClN4O2/c1-3-4-8-16-31(27(33)22-17-21(28)13-14-24(22)34-2)19-25-30-23-12-9-15-29-26(23)32(25)18-20-10-6-5-7-11-20/h5-7,9-15,17,23,26H,3-4,8,16,18-19H2,1-2H3. The molecule has 178 valence electrons. The Bertz CT molecular complexity index is 1080. The molecule has 4 rings (SSSR count). The van der Waals surface area contributed by atoms with Gasteiger partial charge in [0.1, 0.15) is 23.8 Å². The van der Waals surface area contributed by atoms with Crippen molar-refractivity contribution in [1.82, 2.24) is 9.80 Å². The fourth-order valence-electron chi connectivity index (χ4n) is 4.35. The maximum absolute atomic E-state index is 13.7. The van der Waals surface area contributed by atoms with Crippen LogP contribution in [0.25, 0.3) is 0 Å². The number of aliphatic imine (C=N–C) groups is 2. The molecule has 6 nitrogen and oxygen atoms in total. The van der Waals surface area contributed by atoms with Gasteiger partial charge in [-0.25, -0.2) is 0 Å². The number of amides is 1. The molecule has 2 aromatic carbocycles. The molecule has 0 saturated carbocycles. The number of carbonyl (C=O) groups is 1. The van der Waals surface area contributed by atoms with Gasteiger partial charge in [0.05, 0.1) is 19.2 Å². The molecule has 7 heteroatoms. The monoisotopic (exact) mass is 478 g/mol. The van der Waals surface area contributed by atoms with Gasteiger partial charge in [0.15, 0.2) is 0 Å². The Balaban J connectivity index is 1.62. The van der Waals surface area contributed by atoms with Gasteiger partial charge in [0.25, 0.3) is 5.91 Å². The molecular formula is C27H31ClN4O2. The van der Waals surface area contributed by atoms with Gasteiger partial charge in [0.2, 0.25) is 0 Å². The summed E-state index contributed by atoms with van der Waals surface area (Å²) in [5.74, 6) is 1.28. The molecule has 0 aliphatic carbocycles. The van der Waals surface area contributed by atoms with Gasteiger partial charge in [-0.1, -0.05) is 67.8 Å². The number of dihydropyridines is 1. The summed E-state index contributed by atoms with van der Waals surface area (Å²) in [5.41, 5.74) is 1.65. The average molecular weight is 479 g/mol. The second-order valence-electron chi connectivity index (χ2n) is 8.52. The van der Waals surface area contributed by atoms with Crippen molar-refractivity contribution in [2.24, 2.45) is 9.98 Å². The van der Waals surface area contributed by atoms with Crippen molar-refractivity contribution in [3.63, 3.8) is 0 Å². The number of hydrogen-bond donors (Lipinski definition) is 0. The molecule has 2 atom stereocenters. The van der Waals surface area contributed by atoms with Crippen LogP contribution in [0.15, 0.2) is 70.7 Å². The van der Waals surface area contributed by atoms with E-state index in [-0.39, 0.29) is 18.1 Å². The highest BCUT2D eigenvalue weighted by Crippen LogP contribution is 2.27. The molecule has 0 radical (unpaired) electrons. The maximum Gasteiger partial charge on any atom is 0.258 e. The van der Waals surface area contributed by atoms with Crippen molar-refractivity contribution in [1.29, 1.82) is 0 Å². The van der Waals surface area contributed by atoms with Crippen LogP contribution in [0.2, 0.25) is 5.02 Å². The molecule has 0 bridgehead atoms. The van der Waals surface area contributed by atoms with Crippen molar-refractivity contribution in [2.75, 3.05) is 20.2 Å². The Labute approximate surface area is 206 Å². The van der Waals surface area contributed by atoms with Crippen LogP contribution in [0, 0.1) is 0 Å². The lowest BCUT2D eigenvalue weighted by Crippen LogP contribution is -2.45. The van der Waals surface area contributed by atoms with Crippen LogP contribution >= 0.6 is 11.6 Å². The summed E-state index contributed by atoms with van der Waals surface area (Å²) in [6.07, 6.45) is 8.80. The topological polar surface area (TPSA) is 57.5 Å². The number of benzene rings is 2. The van der Waals surface area contributed by atoms with E-state index in [1.54, 1.807) is 25.3 Å². The normalized spacial score (nSPS) is 18.6. The summed E-state index contributed by atoms with van der Waals surface area (Å²) in [6, 6.07) is 15.4. The molecule has 1 amide bonds. The number of methoxy groups -OCH3 is 1. The Morgan fingerprint density at radius 2 is 2.00 bits per heavy atom. The number of fused-ring (bicyclic) bond motifs is 1. The molecule has 2 aliphatic heterocycles. The molecule has 2 aliphatic rings.